The SMILES string of the molecule is O=C(N[C@@H]1C(=O)N2CC(C=Cc3csc4cncn34)(C(=O)O)CS[C@H]12)C(=NOC1CCCC1)c1nsc(NC(c2ccccc2)(c2ccccc2)c2ccccc2)n1. The number of aromatic nitrogens is 4. The van der Waals surface area contributed by atoms with Crippen LogP contribution in [0.25, 0.3) is 10.9 Å². The van der Waals surface area contributed by atoms with Gasteiger partial charge in [-0.1, -0.05) is 102 Å². The second-order valence-electron chi connectivity index (χ2n) is 14.5. The molecule has 0 spiro atoms. The van der Waals surface area contributed by atoms with Crippen molar-refractivity contribution in [1.82, 2.24) is 29.0 Å². The maximum absolute atomic E-state index is 14.2. The zero-order valence-electron chi connectivity index (χ0n) is 31.0. The number of carbonyl (C=O) groups excluding carboxylic acids is 2. The first kappa shape index (κ1) is 37.7. The number of imidazole rings is 1. The van der Waals surface area contributed by atoms with Crippen molar-refractivity contribution < 1.29 is 24.3 Å². The lowest BCUT2D eigenvalue weighted by Gasteiger charge is -2.53. The predicted octanol–water partition coefficient (Wildman–Crippen LogP) is 6.50. The van der Waals surface area contributed by atoms with Crippen LogP contribution in [0.15, 0.2) is 120 Å². The molecule has 294 valence electrons. The fourth-order valence-corrected chi connectivity index (χ4v) is 10.8. The van der Waals surface area contributed by atoms with Crippen molar-refractivity contribution in [3.63, 3.8) is 0 Å². The molecule has 2 aliphatic heterocycles. The van der Waals surface area contributed by atoms with Crippen LogP contribution in [-0.2, 0) is 24.8 Å². The van der Waals surface area contributed by atoms with Gasteiger partial charge in [0.1, 0.15) is 39.6 Å². The molecule has 16 heteroatoms. The molecule has 3 aromatic heterocycles. The second kappa shape index (κ2) is 15.8. The maximum atomic E-state index is 14.2. The molecule has 1 saturated carbocycles. The normalized spacial score (nSPS) is 21.2. The van der Waals surface area contributed by atoms with E-state index in [1.165, 1.54) is 28.0 Å². The van der Waals surface area contributed by atoms with E-state index in [0.29, 0.717) is 5.13 Å². The van der Waals surface area contributed by atoms with Gasteiger partial charge >= 0.3 is 5.97 Å². The van der Waals surface area contributed by atoms with E-state index < -0.39 is 34.2 Å². The van der Waals surface area contributed by atoms with Gasteiger partial charge in [0.05, 0.1) is 11.9 Å². The first-order valence-electron chi connectivity index (χ1n) is 18.9. The van der Waals surface area contributed by atoms with Gasteiger partial charge in [0.25, 0.3) is 5.91 Å². The van der Waals surface area contributed by atoms with E-state index in [2.05, 4.69) is 61.5 Å². The van der Waals surface area contributed by atoms with Gasteiger partial charge in [-0.2, -0.15) is 9.36 Å². The van der Waals surface area contributed by atoms with Crippen LogP contribution in [-0.4, -0.2) is 82.1 Å². The van der Waals surface area contributed by atoms with Crippen molar-refractivity contribution in [3.05, 3.63) is 143 Å². The summed E-state index contributed by atoms with van der Waals surface area (Å²) in [6.45, 7) is -0.0285. The van der Waals surface area contributed by atoms with E-state index in [0.717, 1.165) is 64.4 Å². The van der Waals surface area contributed by atoms with Crippen LogP contribution in [0.2, 0.25) is 0 Å². The topological polar surface area (TPSA) is 163 Å². The zero-order valence-corrected chi connectivity index (χ0v) is 33.5. The lowest BCUT2D eigenvalue weighted by atomic mass is 9.77. The molecular weight excluding hydrogens is 793 g/mol. The summed E-state index contributed by atoms with van der Waals surface area (Å²) in [5, 5.41) is 23.2. The van der Waals surface area contributed by atoms with E-state index in [9.17, 15) is 19.5 Å². The third-order valence-electron chi connectivity index (χ3n) is 10.9. The molecule has 0 bridgehead atoms. The fourth-order valence-electron chi connectivity index (χ4n) is 7.83. The lowest BCUT2D eigenvalue weighted by molar-refractivity contribution is -0.156. The largest absolute Gasteiger partial charge is 0.481 e. The van der Waals surface area contributed by atoms with Gasteiger partial charge in [0.2, 0.25) is 22.6 Å². The quantitative estimate of drug-likeness (QED) is 0.0507. The van der Waals surface area contributed by atoms with Crippen LogP contribution in [0.1, 0.15) is 53.9 Å². The number of aliphatic carboxylic acids is 1. The van der Waals surface area contributed by atoms with Crippen molar-refractivity contribution in [3.8, 4) is 0 Å². The second-order valence-corrected chi connectivity index (χ2v) is 17.3. The van der Waals surface area contributed by atoms with Gasteiger partial charge in [0.15, 0.2) is 0 Å². The van der Waals surface area contributed by atoms with Gasteiger partial charge in [-0.3, -0.25) is 18.8 Å². The lowest BCUT2D eigenvalue weighted by Crippen LogP contribution is -2.73. The number of oxime groups is 1. The third-order valence-corrected chi connectivity index (χ3v) is 14.0. The maximum Gasteiger partial charge on any atom is 0.316 e. The molecule has 58 heavy (non-hydrogen) atoms. The molecule has 2 amide bonds. The van der Waals surface area contributed by atoms with Crippen molar-refractivity contribution in [2.45, 2.75) is 48.7 Å². The van der Waals surface area contributed by atoms with Crippen molar-refractivity contribution in [2.24, 2.45) is 10.6 Å². The van der Waals surface area contributed by atoms with Gasteiger partial charge in [-0.05, 0) is 48.4 Å². The highest BCUT2D eigenvalue weighted by Gasteiger charge is 2.57. The number of amides is 2. The summed E-state index contributed by atoms with van der Waals surface area (Å²) >= 11 is 3.92. The Labute approximate surface area is 346 Å². The van der Waals surface area contributed by atoms with Crippen molar-refractivity contribution in [2.75, 3.05) is 17.6 Å². The molecule has 0 radical (unpaired) electrons. The molecule has 3 N–H and O–H groups in total. The highest BCUT2D eigenvalue weighted by Crippen LogP contribution is 2.44. The number of nitrogens with zero attached hydrogens (tertiary/aromatic N) is 6. The first-order chi connectivity index (χ1) is 28.3. The molecule has 3 fully saturated rings. The summed E-state index contributed by atoms with van der Waals surface area (Å²) in [7, 11) is 0. The molecule has 6 aromatic rings. The molecule has 3 aromatic carbocycles. The van der Waals surface area contributed by atoms with Crippen LogP contribution in [0.5, 0.6) is 0 Å². The molecule has 1 aliphatic carbocycles. The van der Waals surface area contributed by atoms with Crippen LogP contribution in [0.4, 0.5) is 5.13 Å². The highest BCUT2D eigenvalue weighted by molar-refractivity contribution is 8.00. The van der Waals surface area contributed by atoms with Crippen molar-refractivity contribution >= 4 is 74.2 Å². The number of carbonyl (C=O) groups is 3. The predicted molar refractivity (Wildman–Crippen MR) is 225 cm³/mol. The van der Waals surface area contributed by atoms with E-state index >= 15 is 0 Å². The standard InChI is InChI=1S/C42H38N8O5S3/c51-36(44-34-37(52)49-24-41(39(53)54,25-57-38(34)49)21-20-30-23-56-32-22-43-26-50(30)32)33(47-55-31-18-10-11-19-31)35-45-40(58-48-35)46-42(27-12-4-1-5-13-27,28-14-6-2-7-15-28)29-16-8-3-9-17-29/h1-9,12-17,20-23,26,31,34,38H,10-11,18-19,24-25H2,(H,44,51)(H,53,54)(H,45,46,48)/t34-,38-,41?/m1/s1. The number of carboxylic acids is 1. The Kier molecular flexibility index (Phi) is 10.3. The number of thioether (sulfide) groups is 1. The number of nitrogens with one attached hydrogen (secondary N) is 2. The summed E-state index contributed by atoms with van der Waals surface area (Å²) in [5.74, 6) is -1.79. The number of rotatable bonds is 13. The number of hydrogen-bond donors (Lipinski definition) is 3. The van der Waals surface area contributed by atoms with E-state index in [-0.39, 0.29) is 35.8 Å². The minimum atomic E-state index is -1.31. The smallest absolute Gasteiger partial charge is 0.316 e. The summed E-state index contributed by atoms with van der Waals surface area (Å²) in [4.78, 5) is 57.9. The molecule has 3 aliphatic rings. The molecule has 5 heterocycles. The Hall–Kier alpha value is -5.84. The van der Waals surface area contributed by atoms with E-state index in [4.69, 9.17) is 9.82 Å². The summed E-state index contributed by atoms with van der Waals surface area (Å²) in [5.41, 5.74) is 1.39. The van der Waals surface area contributed by atoms with Gasteiger partial charge < -0.3 is 25.5 Å². The number of anilines is 1. The Morgan fingerprint density at radius 3 is 2.26 bits per heavy atom. The number of carboxylic acid groups (broad SMARTS) is 1. The van der Waals surface area contributed by atoms with Gasteiger partial charge in [-0.25, -0.2) is 4.98 Å². The number of benzene rings is 3. The van der Waals surface area contributed by atoms with Crippen LogP contribution >= 0.6 is 34.6 Å². The van der Waals surface area contributed by atoms with Crippen molar-refractivity contribution in [1.29, 1.82) is 0 Å². The zero-order chi connectivity index (χ0) is 39.7. The average molecular weight is 831 g/mol. The Morgan fingerprint density at radius 1 is 0.966 bits per heavy atom. The van der Waals surface area contributed by atoms with Gasteiger partial charge in [0, 0.05) is 29.2 Å². The molecule has 3 atom stereocenters. The fraction of sp³-hybridized carbons (Fsp3) is 0.262. The number of β-lactam (4-membered cyclic amide) rings is 1. The monoisotopic (exact) mass is 830 g/mol. The number of fused-ring (bicyclic) bond motifs is 2. The Morgan fingerprint density at radius 2 is 1.62 bits per heavy atom. The Bertz CT molecular complexity index is 2400. The minimum absolute atomic E-state index is 0.0285. The number of thiazole rings is 1. The van der Waals surface area contributed by atoms with E-state index in [1.807, 2.05) is 64.4 Å². The molecule has 1 unspecified atom stereocenters. The van der Waals surface area contributed by atoms with Crippen LogP contribution < -0.4 is 10.6 Å². The molecular formula is C42H38N8O5S3. The average Bonchev–Trinajstić information content (AvgIpc) is 4.10. The first-order valence-corrected chi connectivity index (χ1v) is 21.6. The summed E-state index contributed by atoms with van der Waals surface area (Å²) in [6, 6.07) is 29.4. The third kappa shape index (κ3) is 6.94. The summed E-state index contributed by atoms with van der Waals surface area (Å²) in [6.07, 6.45) is 10.3. The number of hydrogen-bond acceptors (Lipinski definition) is 12. The molecule has 2 saturated heterocycles. The summed E-state index contributed by atoms with van der Waals surface area (Å²) < 4.78 is 6.50. The minimum Gasteiger partial charge on any atom is -0.481 e. The molecule has 9 rings (SSSR count). The molecule has 13 nitrogen and oxygen atoms in total. The Balaban J connectivity index is 0.976. The van der Waals surface area contributed by atoms with Crippen LogP contribution in [0.3, 0.4) is 0 Å². The van der Waals surface area contributed by atoms with E-state index in [1.54, 1.807) is 24.7 Å². The highest BCUT2D eigenvalue weighted by atomic mass is 32.2. The van der Waals surface area contributed by atoms with Crippen LogP contribution in [0, 0.1) is 5.41 Å². The van der Waals surface area contributed by atoms with Gasteiger partial charge in [-0.15, -0.1) is 23.1 Å².